The van der Waals surface area contributed by atoms with Gasteiger partial charge in [0.15, 0.2) is 0 Å². The van der Waals surface area contributed by atoms with Crippen molar-refractivity contribution in [1.29, 1.82) is 0 Å². The molecule has 1 amide bonds. The van der Waals surface area contributed by atoms with Crippen LogP contribution >= 0.6 is 0 Å². The molecule has 0 saturated carbocycles. The number of rotatable bonds is 2. The van der Waals surface area contributed by atoms with Crippen LogP contribution in [0.1, 0.15) is 12.8 Å². The minimum atomic E-state index is -0.478. The first-order chi connectivity index (χ1) is 9.13. The Morgan fingerprint density at radius 1 is 1.42 bits per heavy atom. The van der Waals surface area contributed by atoms with Crippen LogP contribution in [0.2, 0.25) is 0 Å². The Labute approximate surface area is 109 Å². The van der Waals surface area contributed by atoms with E-state index in [1.165, 1.54) is 19.2 Å². The molecule has 2 aliphatic heterocycles. The maximum absolute atomic E-state index is 12.3. The van der Waals surface area contributed by atoms with Crippen molar-refractivity contribution in [3.8, 4) is 0 Å². The van der Waals surface area contributed by atoms with Crippen molar-refractivity contribution in [3.05, 3.63) is 28.3 Å². The number of carbonyl (C=O) groups is 1. The Bertz CT molecular complexity index is 560. The maximum Gasteiger partial charge on any atom is 0.273 e. The molecular formula is C12H13N3O4. The first-order valence-corrected chi connectivity index (χ1v) is 6.06. The summed E-state index contributed by atoms with van der Waals surface area (Å²) in [4.78, 5) is 29.7. The Balaban J connectivity index is 2.14. The molecule has 1 aromatic rings. The lowest BCUT2D eigenvalue weighted by atomic mass is 10.1. The van der Waals surface area contributed by atoms with Crippen LogP contribution in [-0.4, -0.2) is 30.5 Å². The average molecular weight is 263 g/mol. The summed E-state index contributed by atoms with van der Waals surface area (Å²) in [5.41, 5.74) is 1.21. The van der Waals surface area contributed by atoms with Crippen molar-refractivity contribution in [3.63, 3.8) is 0 Å². The molecule has 3 rings (SSSR count). The zero-order valence-corrected chi connectivity index (χ0v) is 10.4. The number of nitrogens with zero attached hydrogens (tertiary/aromatic N) is 3. The first kappa shape index (κ1) is 11.9. The molecule has 1 saturated heterocycles. The standard InChI is InChI=1S/C12H13N3O4/c1-19-14-11-7-8(15(17)18)4-5-9(11)13-6-2-3-10(13)12(14)16/h4-5,7,10H,2-3,6H2,1H3. The first-order valence-electron chi connectivity index (χ1n) is 6.06. The lowest BCUT2D eigenvalue weighted by Crippen LogP contribution is -2.50. The molecule has 1 unspecified atom stereocenters. The Hall–Kier alpha value is -2.15. The van der Waals surface area contributed by atoms with Crippen LogP contribution in [0.25, 0.3) is 0 Å². The van der Waals surface area contributed by atoms with Crippen LogP contribution in [0.15, 0.2) is 18.2 Å². The molecule has 0 radical (unpaired) electrons. The fourth-order valence-corrected chi connectivity index (χ4v) is 2.79. The molecule has 0 N–H and O–H groups in total. The molecular weight excluding hydrogens is 250 g/mol. The van der Waals surface area contributed by atoms with Gasteiger partial charge < -0.3 is 4.90 Å². The van der Waals surface area contributed by atoms with Crippen molar-refractivity contribution in [2.24, 2.45) is 0 Å². The highest BCUT2D eigenvalue weighted by Crippen LogP contribution is 2.41. The number of hydrogen-bond donors (Lipinski definition) is 0. The van der Waals surface area contributed by atoms with E-state index in [4.69, 9.17) is 4.84 Å². The third kappa shape index (κ3) is 1.66. The second-order valence-electron chi connectivity index (χ2n) is 4.60. The van der Waals surface area contributed by atoms with Gasteiger partial charge >= 0.3 is 0 Å². The number of nitro benzene ring substituents is 1. The normalized spacial score (nSPS) is 21.3. The van der Waals surface area contributed by atoms with Gasteiger partial charge in [0.2, 0.25) is 0 Å². The van der Waals surface area contributed by atoms with E-state index in [9.17, 15) is 14.9 Å². The highest BCUT2D eigenvalue weighted by atomic mass is 16.7. The van der Waals surface area contributed by atoms with Gasteiger partial charge in [0.05, 0.1) is 17.7 Å². The quantitative estimate of drug-likeness (QED) is 0.596. The predicted molar refractivity (Wildman–Crippen MR) is 68.0 cm³/mol. The Kier molecular flexibility index (Phi) is 2.63. The Morgan fingerprint density at radius 3 is 2.89 bits per heavy atom. The van der Waals surface area contributed by atoms with Gasteiger partial charge in [-0.25, -0.2) is 0 Å². The predicted octanol–water partition coefficient (Wildman–Crippen LogP) is 1.47. The number of amides is 1. The van der Waals surface area contributed by atoms with E-state index < -0.39 is 4.92 Å². The monoisotopic (exact) mass is 263 g/mol. The fraction of sp³-hybridized carbons (Fsp3) is 0.417. The highest BCUT2D eigenvalue weighted by molar-refractivity contribution is 6.04. The van der Waals surface area contributed by atoms with E-state index >= 15 is 0 Å². The van der Waals surface area contributed by atoms with Gasteiger partial charge in [-0.2, -0.15) is 5.06 Å². The van der Waals surface area contributed by atoms with Gasteiger partial charge in [-0.3, -0.25) is 19.7 Å². The summed E-state index contributed by atoms with van der Waals surface area (Å²) in [5, 5.41) is 12.0. The van der Waals surface area contributed by atoms with E-state index in [0.29, 0.717) is 5.69 Å². The molecule has 1 atom stereocenters. The number of benzene rings is 1. The zero-order chi connectivity index (χ0) is 13.6. The molecule has 100 valence electrons. The van der Waals surface area contributed by atoms with Crippen molar-refractivity contribution in [1.82, 2.24) is 0 Å². The molecule has 0 spiro atoms. The number of anilines is 2. The van der Waals surface area contributed by atoms with Crippen molar-refractivity contribution in [2.75, 3.05) is 23.6 Å². The van der Waals surface area contributed by atoms with Crippen molar-refractivity contribution < 1.29 is 14.6 Å². The topological polar surface area (TPSA) is 75.9 Å². The molecule has 7 heteroatoms. The molecule has 1 fully saturated rings. The van der Waals surface area contributed by atoms with Gasteiger partial charge in [0.25, 0.3) is 11.6 Å². The fourth-order valence-electron chi connectivity index (χ4n) is 2.79. The summed E-state index contributed by atoms with van der Waals surface area (Å²) >= 11 is 0. The van der Waals surface area contributed by atoms with Crippen LogP contribution in [0.3, 0.4) is 0 Å². The Morgan fingerprint density at radius 2 is 2.21 bits per heavy atom. The SMILES string of the molecule is CON1C(=O)C2CCCN2c2ccc([N+](=O)[O-])cc21. The van der Waals surface area contributed by atoms with Crippen LogP contribution in [-0.2, 0) is 9.63 Å². The number of hydroxylamine groups is 1. The summed E-state index contributed by atoms with van der Waals surface area (Å²) in [5.74, 6) is -0.159. The molecule has 2 heterocycles. The molecule has 1 aromatic carbocycles. The number of hydrogen-bond acceptors (Lipinski definition) is 5. The van der Waals surface area contributed by atoms with E-state index in [1.807, 2.05) is 4.90 Å². The molecule has 19 heavy (non-hydrogen) atoms. The number of carbonyl (C=O) groups excluding carboxylic acids is 1. The lowest BCUT2D eigenvalue weighted by molar-refractivity contribution is -0.384. The lowest BCUT2D eigenvalue weighted by Gasteiger charge is -2.37. The highest BCUT2D eigenvalue weighted by Gasteiger charge is 2.41. The largest absolute Gasteiger partial charge is 0.358 e. The van der Waals surface area contributed by atoms with Gasteiger partial charge in [-0.1, -0.05) is 0 Å². The van der Waals surface area contributed by atoms with E-state index in [-0.39, 0.29) is 17.6 Å². The summed E-state index contributed by atoms with van der Waals surface area (Å²) in [6.45, 7) is 0.790. The van der Waals surface area contributed by atoms with E-state index in [2.05, 4.69) is 0 Å². The van der Waals surface area contributed by atoms with Gasteiger partial charge in [-0.05, 0) is 18.9 Å². The number of non-ortho nitro benzene ring substituents is 1. The number of fused-ring (bicyclic) bond motifs is 3. The third-order valence-corrected chi connectivity index (χ3v) is 3.62. The summed E-state index contributed by atoms with van der Waals surface area (Å²) < 4.78 is 0. The zero-order valence-electron chi connectivity index (χ0n) is 10.4. The van der Waals surface area contributed by atoms with Gasteiger partial charge in [-0.15, -0.1) is 0 Å². The second-order valence-corrected chi connectivity index (χ2v) is 4.60. The maximum atomic E-state index is 12.3. The van der Waals surface area contributed by atoms with Gasteiger partial charge in [0.1, 0.15) is 11.7 Å². The van der Waals surface area contributed by atoms with Crippen molar-refractivity contribution >= 4 is 23.0 Å². The minimum absolute atomic E-state index is 0.0498. The van der Waals surface area contributed by atoms with Crippen LogP contribution in [0.5, 0.6) is 0 Å². The minimum Gasteiger partial charge on any atom is -0.358 e. The van der Waals surface area contributed by atoms with E-state index in [0.717, 1.165) is 30.1 Å². The van der Waals surface area contributed by atoms with E-state index in [1.54, 1.807) is 6.07 Å². The number of nitro groups is 1. The van der Waals surface area contributed by atoms with Crippen LogP contribution < -0.4 is 9.96 Å². The molecule has 2 aliphatic rings. The summed E-state index contributed by atoms with van der Waals surface area (Å²) in [6, 6.07) is 4.31. The smallest absolute Gasteiger partial charge is 0.273 e. The molecule has 0 aromatic heterocycles. The van der Waals surface area contributed by atoms with Crippen LogP contribution in [0.4, 0.5) is 17.1 Å². The second kappa shape index (κ2) is 4.20. The van der Waals surface area contributed by atoms with Crippen LogP contribution in [0, 0.1) is 10.1 Å². The van der Waals surface area contributed by atoms with Crippen molar-refractivity contribution in [2.45, 2.75) is 18.9 Å². The third-order valence-electron chi connectivity index (χ3n) is 3.62. The van der Waals surface area contributed by atoms with Gasteiger partial charge in [0, 0.05) is 18.7 Å². The summed E-state index contributed by atoms with van der Waals surface area (Å²) in [7, 11) is 1.39. The average Bonchev–Trinajstić information content (AvgIpc) is 2.88. The molecule has 0 aliphatic carbocycles. The molecule has 0 bridgehead atoms. The summed E-state index contributed by atoms with van der Waals surface area (Å²) in [6.07, 6.45) is 1.72. The molecule has 7 nitrogen and oxygen atoms in total.